The van der Waals surface area contributed by atoms with Crippen LogP contribution in [0, 0.1) is 12.8 Å². The fraction of sp³-hybridized carbons (Fsp3) is 0.217. The third-order valence-corrected chi connectivity index (χ3v) is 5.02. The van der Waals surface area contributed by atoms with Crippen LogP contribution in [0.25, 0.3) is 11.5 Å². The van der Waals surface area contributed by atoms with E-state index in [0.29, 0.717) is 22.9 Å². The number of nitrogens with zero attached hydrogens (tertiary/aromatic N) is 3. The highest BCUT2D eigenvalue weighted by molar-refractivity contribution is 6.28. The molecule has 9 heteroatoms. The van der Waals surface area contributed by atoms with Crippen LogP contribution in [0.3, 0.4) is 0 Å². The van der Waals surface area contributed by atoms with Gasteiger partial charge in [-0.15, -0.1) is 0 Å². The summed E-state index contributed by atoms with van der Waals surface area (Å²) in [6.45, 7) is 4.20. The van der Waals surface area contributed by atoms with E-state index in [1.807, 2.05) is 13.0 Å². The number of hydrazone groups is 1. The molecule has 2 aromatic carbocycles. The standard InChI is InChI=1S/C23H20F2N4O3/c1-13-9-15(21-26-7-8-32-21)11-18(10-13)29-22(31)19(14(2)28-29)20(30)27-17-6-4-5-16(12-17)23(3,24)25/h4-12,19H,1-3H3,(H,27,30). The van der Waals surface area contributed by atoms with Gasteiger partial charge in [-0.3, -0.25) is 9.59 Å². The number of hydrogen-bond donors (Lipinski definition) is 1. The van der Waals surface area contributed by atoms with Crippen molar-refractivity contribution in [1.82, 2.24) is 4.98 Å². The first kappa shape index (κ1) is 21.4. The number of rotatable bonds is 5. The molecule has 1 N–H and O–H groups in total. The molecule has 1 unspecified atom stereocenters. The Kier molecular flexibility index (Phi) is 5.33. The maximum Gasteiger partial charge on any atom is 0.270 e. The number of halogens is 2. The summed E-state index contributed by atoms with van der Waals surface area (Å²) in [4.78, 5) is 30.0. The van der Waals surface area contributed by atoms with Crippen molar-refractivity contribution in [3.05, 3.63) is 66.1 Å². The summed E-state index contributed by atoms with van der Waals surface area (Å²) in [6.07, 6.45) is 2.97. The van der Waals surface area contributed by atoms with Gasteiger partial charge in [0.15, 0.2) is 5.92 Å². The lowest BCUT2D eigenvalue weighted by Gasteiger charge is -2.16. The first-order chi connectivity index (χ1) is 15.1. The van der Waals surface area contributed by atoms with Crippen LogP contribution in [0.5, 0.6) is 0 Å². The van der Waals surface area contributed by atoms with Crippen molar-refractivity contribution < 1.29 is 22.8 Å². The number of nitrogens with one attached hydrogen (secondary N) is 1. The van der Waals surface area contributed by atoms with Gasteiger partial charge in [-0.25, -0.2) is 13.8 Å². The molecule has 0 saturated carbocycles. The molecular formula is C23H20F2N4O3. The largest absolute Gasteiger partial charge is 0.445 e. The van der Waals surface area contributed by atoms with Crippen LogP contribution in [-0.4, -0.2) is 22.5 Å². The van der Waals surface area contributed by atoms with E-state index in [1.165, 1.54) is 36.7 Å². The number of aryl methyl sites for hydroxylation is 1. The van der Waals surface area contributed by atoms with Gasteiger partial charge in [-0.2, -0.15) is 10.1 Å². The molecule has 4 rings (SSSR count). The molecule has 0 bridgehead atoms. The van der Waals surface area contributed by atoms with Crippen molar-refractivity contribution in [2.24, 2.45) is 11.0 Å². The molecule has 0 radical (unpaired) electrons. The average molecular weight is 438 g/mol. The van der Waals surface area contributed by atoms with Crippen LogP contribution in [0.15, 0.2) is 64.4 Å². The summed E-state index contributed by atoms with van der Waals surface area (Å²) in [5.41, 5.74) is 2.21. The quantitative estimate of drug-likeness (QED) is 0.583. The average Bonchev–Trinajstić information content (AvgIpc) is 3.35. The zero-order chi connectivity index (χ0) is 23.0. The Labute approximate surface area is 182 Å². The van der Waals surface area contributed by atoms with Crippen molar-refractivity contribution in [2.75, 3.05) is 10.3 Å². The Hall–Kier alpha value is -3.88. The molecule has 1 aromatic heterocycles. The molecule has 32 heavy (non-hydrogen) atoms. The van der Waals surface area contributed by atoms with Gasteiger partial charge in [0.05, 0.1) is 17.6 Å². The molecule has 1 aliphatic heterocycles. The summed E-state index contributed by atoms with van der Waals surface area (Å²) < 4.78 is 32.5. The lowest BCUT2D eigenvalue weighted by molar-refractivity contribution is -0.127. The van der Waals surface area contributed by atoms with E-state index < -0.39 is 23.7 Å². The predicted molar refractivity (Wildman–Crippen MR) is 115 cm³/mol. The molecule has 2 amide bonds. The van der Waals surface area contributed by atoms with Gasteiger partial charge >= 0.3 is 0 Å². The molecule has 7 nitrogen and oxygen atoms in total. The number of carbonyl (C=O) groups excluding carboxylic acids is 2. The van der Waals surface area contributed by atoms with E-state index in [1.54, 1.807) is 19.1 Å². The molecule has 2 heterocycles. The highest BCUT2D eigenvalue weighted by Gasteiger charge is 2.40. The molecule has 0 saturated heterocycles. The van der Waals surface area contributed by atoms with E-state index in [9.17, 15) is 18.4 Å². The van der Waals surface area contributed by atoms with Crippen molar-refractivity contribution in [1.29, 1.82) is 0 Å². The van der Waals surface area contributed by atoms with Gasteiger partial charge in [-0.05, 0) is 49.7 Å². The first-order valence-electron chi connectivity index (χ1n) is 9.83. The van der Waals surface area contributed by atoms with Crippen LogP contribution < -0.4 is 10.3 Å². The monoisotopic (exact) mass is 438 g/mol. The number of amides is 2. The number of benzene rings is 2. The van der Waals surface area contributed by atoms with E-state index in [-0.39, 0.29) is 11.3 Å². The third-order valence-electron chi connectivity index (χ3n) is 5.02. The van der Waals surface area contributed by atoms with Gasteiger partial charge in [0.25, 0.3) is 11.8 Å². The smallest absolute Gasteiger partial charge is 0.270 e. The number of carbonyl (C=O) groups is 2. The number of oxazole rings is 1. The Bertz CT molecular complexity index is 1220. The summed E-state index contributed by atoms with van der Waals surface area (Å²) in [5.74, 6) is -5.02. The molecular weight excluding hydrogens is 418 g/mol. The summed E-state index contributed by atoms with van der Waals surface area (Å²) in [6, 6.07) is 10.7. The second kappa shape index (κ2) is 7.99. The number of anilines is 2. The van der Waals surface area contributed by atoms with Crippen molar-refractivity contribution in [3.8, 4) is 11.5 Å². The minimum atomic E-state index is -3.05. The Balaban J connectivity index is 1.57. The predicted octanol–water partition coefficient (Wildman–Crippen LogP) is 4.74. The number of aromatic nitrogens is 1. The van der Waals surface area contributed by atoms with Crippen LogP contribution in [0.2, 0.25) is 0 Å². The molecule has 3 aromatic rings. The SMILES string of the molecule is CC1=NN(c2cc(C)cc(-c3ncco3)c2)C(=O)C1C(=O)Nc1cccc(C(C)(F)F)c1. The fourth-order valence-corrected chi connectivity index (χ4v) is 3.51. The Morgan fingerprint density at radius 2 is 1.97 bits per heavy atom. The third kappa shape index (κ3) is 4.14. The molecule has 164 valence electrons. The van der Waals surface area contributed by atoms with Crippen molar-refractivity contribution in [3.63, 3.8) is 0 Å². The second-order valence-electron chi connectivity index (χ2n) is 7.68. The van der Waals surface area contributed by atoms with Crippen LogP contribution in [0.4, 0.5) is 20.2 Å². The Morgan fingerprint density at radius 1 is 1.19 bits per heavy atom. The topological polar surface area (TPSA) is 87.8 Å². The van der Waals surface area contributed by atoms with E-state index in [4.69, 9.17) is 4.42 Å². The highest BCUT2D eigenvalue weighted by Crippen LogP contribution is 2.31. The molecule has 1 aliphatic rings. The Morgan fingerprint density at radius 3 is 2.66 bits per heavy atom. The number of alkyl halides is 2. The van der Waals surface area contributed by atoms with Crippen LogP contribution >= 0.6 is 0 Å². The van der Waals surface area contributed by atoms with Gasteiger partial charge in [0.1, 0.15) is 6.26 Å². The lowest BCUT2D eigenvalue weighted by Crippen LogP contribution is -2.36. The minimum absolute atomic E-state index is 0.176. The normalized spacial score (nSPS) is 16.3. The minimum Gasteiger partial charge on any atom is -0.445 e. The molecule has 0 aliphatic carbocycles. The van der Waals surface area contributed by atoms with E-state index in [2.05, 4.69) is 15.4 Å². The van der Waals surface area contributed by atoms with Gasteiger partial charge in [0, 0.05) is 23.7 Å². The van der Waals surface area contributed by atoms with Crippen LogP contribution in [0.1, 0.15) is 25.0 Å². The van der Waals surface area contributed by atoms with Crippen LogP contribution in [-0.2, 0) is 15.5 Å². The maximum absolute atomic E-state index is 13.6. The molecule has 0 fully saturated rings. The maximum atomic E-state index is 13.6. The second-order valence-corrected chi connectivity index (χ2v) is 7.68. The summed E-state index contributed by atoms with van der Waals surface area (Å²) >= 11 is 0. The van der Waals surface area contributed by atoms with Crippen molar-refractivity contribution >= 4 is 28.9 Å². The van der Waals surface area contributed by atoms with Gasteiger partial charge < -0.3 is 9.73 Å². The van der Waals surface area contributed by atoms with Gasteiger partial charge in [0.2, 0.25) is 11.8 Å². The van der Waals surface area contributed by atoms with E-state index >= 15 is 0 Å². The molecule has 1 atom stereocenters. The zero-order valence-corrected chi connectivity index (χ0v) is 17.6. The van der Waals surface area contributed by atoms with Crippen molar-refractivity contribution in [2.45, 2.75) is 26.7 Å². The zero-order valence-electron chi connectivity index (χ0n) is 17.6. The first-order valence-corrected chi connectivity index (χ1v) is 9.83. The summed E-state index contributed by atoms with van der Waals surface area (Å²) in [5, 5.41) is 7.98. The molecule has 0 spiro atoms. The van der Waals surface area contributed by atoms with Gasteiger partial charge in [-0.1, -0.05) is 12.1 Å². The number of hydrogen-bond acceptors (Lipinski definition) is 5. The van der Waals surface area contributed by atoms with E-state index in [0.717, 1.165) is 17.5 Å². The lowest BCUT2D eigenvalue weighted by atomic mass is 10.0. The fourth-order valence-electron chi connectivity index (χ4n) is 3.51. The highest BCUT2D eigenvalue weighted by atomic mass is 19.3. The summed E-state index contributed by atoms with van der Waals surface area (Å²) in [7, 11) is 0.